The number of carbonyl (C=O) groups excluding carboxylic acids is 1. The topological polar surface area (TPSA) is 26.3 Å². The quantitative estimate of drug-likeness (QED) is 0.267. The average Bonchev–Trinajstić information content (AvgIpc) is 3.24. The zero-order valence-corrected chi connectivity index (χ0v) is 17.8. The summed E-state index contributed by atoms with van der Waals surface area (Å²) in [4.78, 5) is 15.5. The molecule has 0 saturated carbocycles. The van der Waals surface area contributed by atoms with Gasteiger partial charge in [0.25, 0.3) is 0 Å². The highest BCUT2D eigenvalue weighted by atomic mass is 32.2. The van der Waals surface area contributed by atoms with Crippen LogP contribution in [0.25, 0.3) is 15.0 Å². The molecule has 1 aromatic heterocycles. The van der Waals surface area contributed by atoms with Crippen LogP contribution in [0, 0.1) is 12.8 Å². The van der Waals surface area contributed by atoms with Crippen molar-refractivity contribution in [1.29, 1.82) is 0 Å². The molecule has 0 radical (unpaired) electrons. The van der Waals surface area contributed by atoms with Crippen molar-refractivity contribution in [3.8, 4) is 4.90 Å². The van der Waals surface area contributed by atoms with E-state index in [9.17, 15) is 4.79 Å². The molecule has 3 aromatic rings. The minimum absolute atomic E-state index is 0.124. The van der Waals surface area contributed by atoms with Crippen molar-refractivity contribution in [2.24, 2.45) is 5.92 Å². The molecule has 0 saturated heterocycles. The molecule has 2 aromatic carbocycles. The molecule has 0 aliphatic heterocycles. The molecular formula is C25H27O2S+. The normalized spacial score (nSPS) is 17.6. The van der Waals surface area contributed by atoms with Crippen LogP contribution in [-0.4, -0.2) is 11.6 Å². The van der Waals surface area contributed by atoms with Crippen molar-refractivity contribution in [1.82, 2.24) is 0 Å². The van der Waals surface area contributed by atoms with Crippen LogP contribution < -0.4 is 0 Å². The zero-order valence-electron chi connectivity index (χ0n) is 17.0. The molecule has 4 rings (SSSR count). The molecule has 0 N–H and O–H groups in total. The molecule has 2 atom stereocenters. The van der Waals surface area contributed by atoms with Crippen molar-refractivity contribution in [2.45, 2.75) is 46.1 Å². The van der Waals surface area contributed by atoms with Crippen molar-refractivity contribution >= 4 is 26.5 Å². The molecule has 1 aliphatic rings. The standard InChI is InChI=1S/C25H27O2S/c1-17-9-7-13-22(17)25(3,4)27-24(26)20-11-8-12-21(16-20)28-18(2)15-19-10-5-6-14-23(19)28/h5-6,8-12,14-16,22H,7,13H2,1-4H3/q+1. The maximum atomic E-state index is 13.0. The third-order valence-corrected chi connectivity index (χ3v) is 8.09. The van der Waals surface area contributed by atoms with Crippen LogP contribution in [0.5, 0.6) is 0 Å². The molecule has 0 spiro atoms. The Labute approximate surface area is 169 Å². The summed E-state index contributed by atoms with van der Waals surface area (Å²) in [7, 11) is -0.124. The van der Waals surface area contributed by atoms with Gasteiger partial charge in [0.1, 0.15) is 5.60 Å². The van der Waals surface area contributed by atoms with E-state index in [1.54, 1.807) is 0 Å². The summed E-state index contributed by atoms with van der Waals surface area (Å²) < 4.78 is 7.33. The van der Waals surface area contributed by atoms with E-state index in [0.717, 1.165) is 12.8 Å². The lowest BCUT2D eigenvalue weighted by Crippen LogP contribution is -2.36. The number of carbonyl (C=O) groups is 1. The van der Waals surface area contributed by atoms with Gasteiger partial charge in [0.2, 0.25) is 0 Å². The Kier molecular flexibility index (Phi) is 4.88. The molecule has 144 valence electrons. The third kappa shape index (κ3) is 3.40. The number of allylic oxidation sites excluding steroid dienone is 1. The Morgan fingerprint density at radius 1 is 1.07 bits per heavy atom. The zero-order chi connectivity index (χ0) is 19.9. The van der Waals surface area contributed by atoms with Crippen LogP contribution in [-0.2, 0) is 4.74 Å². The summed E-state index contributed by atoms with van der Waals surface area (Å²) in [6.07, 6.45) is 4.38. The fourth-order valence-corrected chi connectivity index (χ4v) is 6.67. The van der Waals surface area contributed by atoms with Crippen molar-refractivity contribution in [2.75, 3.05) is 0 Å². The second-order valence-electron chi connectivity index (χ2n) is 8.20. The van der Waals surface area contributed by atoms with E-state index in [1.807, 2.05) is 32.0 Å². The molecular weight excluding hydrogens is 364 g/mol. The van der Waals surface area contributed by atoms with Crippen molar-refractivity contribution < 1.29 is 9.53 Å². The number of hydrogen-bond acceptors (Lipinski definition) is 2. The number of thiophene rings is 1. The Morgan fingerprint density at radius 2 is 1.86 bits per heavy atom. The fraction of sp³-hybridized carbons (Fsp3) is 0.320. The first kappa shape index (κ1) is 18.9. The highest BCUT2D eigenvalue weighted by molar-refractivity contribution is 7.45. The molecule has 0 fully saturated rings. The lowest BCUT2D eigenvalue weighted by Gasteiger charge is -2.32. The second-order valence-corrected chi connectivity index (χ2v) is 10.4. The first-order valence-electron chi connectivity index (χ1n) is 9.88. The van der Waals surface area contributed by atoms with Gasteiger partial charge in [-0.15, -0.1) is 0 Å². The summed E-state index contributed by atoms with van der Waals surface area (Å²) in [5.41, 5.74) is 1.47. The van der Waals surface area contributed by atoms with E-state index < -0.39 is 5.60 Å². The molecule has 0 bridgehead atoms. The van der Waals surface area contributed by atoms with Gasteiger partial charge in [-0.25, -0.2) is 4.79 Å². The number of benzene rings is 2. The van der Waals surface area contributed by atoms with Gasteiger partial charge in [0.15, 0.2) is 14.5 Å². The van der Waals surface area contributed by atoms with E-state index in [2.05, 4.69) is 56.3 Å². The number of hydrogen-bond donors (Lipinski definition) is 0. The number of ether oxygens (including phenoxy) is 1. The highest BCUT2D eigenvalue weighted by Gasteiger charge is 2.36. The second kappa shape index (κ2) is 7.21. The van der Waals surface area contributed by atoms with Crippen LogP contribution in [0.1, 0.15) is 48.8 Å². The first-order valence-corrected chi connectivity index (χ1v) is 11.1. The van der Waals surface area contributed by atoms with Gasteiger partial charge >= 0.3 is 5.97 Å². The summed E-state index contributed by atoms with van der Waals surface area (Å²) in [6, 6.07) is 18.7. The molecule has 1 aliphatic carbocycles. The minimum atomic E-state index is -0.498. The van der Waals surface area contributed by atoms with E-state index in [1.165, 1.54) is 25.4 Å². The monoisotopic (exact) mass is 391 g/mol. The summed E-state index contributed by atoms with van der Waals surface area (Å²) in [6.45, 7) is 8.38. The molecule has 3 heteroatoms. The van der Waals surface area contributed by atoms with Crippen LogP contribution >= 0.6 is 10.5 Å². The van der Waals surface area contributed by atoms with Gasteiger partial charge in [-0.3, -0.25) is 0 Å². The number of rotatable bonds is 4. The summed E-state index contributed by atoms with van der Waals surface area (Å²) in [5.74, 6) is 0.0673. The van der Waals surface area contributed by atoms with E-state index in [0.29, 0.717) is 11.5 Å². The Balaban J connectivity index is 1.64. The fourth-order valence-electron chi connectivity index (χ4n) is 4.41. The van der Waals surface area contributed by atoms with Crippen molar-refractivity contribution in [3.05, 3.63) is 76.7 Å². The summed E-state index contributed by atoms with van der Waals surface area (Å²) >= 11 is 0. The lowest BCUT2D eigenvalue weighted by molar-refractivity contribution is -0.0219. The summed E-state index contributed by atoms with van der Waals surface area (Å²) in [5, 5.41) is 1.28. The highest BCUT2D eigenvalue weighted by Crippen LogP contribution is 2.44. The Bertz CT molecular complexity index is 1070. The number of esters is 1. The van der Waals surface area contributed by atoms with E-state index >= 15 is 0 Å². The largest absolute Gasteiger partial charge is 0.455 e. The van der Waals surface area contributed by atoms with Gasteiger partial charge < -0.3 is 4.74 Å². The van der Waals surface area contributed by atoms with Gasteiger partial charge in [-0.2, -0.15) is 0 Å². The van der Waals surface area contributed by atoms with Crippen molar-refractivity contribution in [3.63, 3.8) is 0 Å². The number of fused-ring (bicyclic) bond motifs is 1. The van der Waals surface area contributed by atoms with Gasteiger partial charge in [-0.05, 0) is 57.9 Å². The molecule has 1 heterocycles. The molecule has 2 unspecified atom stereocenters. The maximum Gasteiger partial charge on any atom is 0.338 e. The smallest absolute Gasteiger partial charge is 0.338 e. The van der Waals surface area contributed by atoms with E-state index in [4.69, 9.17) is 4.74 Å². The predicted molar refractivity (Wildman–Crippen MR) is 118 cm³/mol. The lowest BCUT2D eigenvalue weighted by atomic mass is 9.86. The Hall–Kier alpha value is -2.39. The van der Waals surface area contributed by atoms with Crippen LogP contribution in [0.15, 0.2) is 66.2 Å². The predicted octanol–water partition coefficient (Wildman–Crippen LogP) is 7.18. The average molecular weight is 392 g/mol. The minimum Gasteiger partial charge on any atom is -0.455 e. The van der Waals surface area contributed by atoms with Crippen LogP contribution in [0.3, 0.4) is 0 Å². The van der Waals surface area contributed by atoms with Crippen LogP contribution in [0.2, 0.25) is 0 Å². The van der Waals surface area contributed by atoms with Gasteiger partial charge in [0.05, 0.1) is 5.56 Å². The Morgan fingerprint density at radius 3 is 2.61 bits per heavy atom. The maximum absolute atomic E-state index is 13.0. The third-order valence-electron chi connectivity index (χ3n) is 5.79. The molecule has 0 amide bonds. The van der Waals surface area contributed by atoms with Gasteiger partial charge in [-0.1, -0.05) is 29.8 Å². The van der Waals surface area contributed by atoms with Crippen LogP contribution in [0.4, 0.5) is 0 Å². The molecule has 2 nitrogen and oxygen atoms in total. The number of aryl methyl sites for hydroxylation is 1. The van der Waals surface area contributed by atoms with E-state index in [-0.39, 0.29) is 16.4 Å². The SMILES string of the molecule is CC1=CCCC1C(C)(C)OC(=O)c1cccc(-[s+]2c(C)cc3ccccc32)c1. The molecule has 28 heavy (non-hydrogen) atoms. The first-order chi connectivity index (χ1) is 13.4. The van der Waals surface area contributed by atoms with Gasteiger partial charge in [0, 0.05) is 40.8 Å².